The van der Waals surface area contributed by atoms with E-state index in [-0.39, 0.29) is 22.8 Å². The summed E-state index contributed by atoms with van der Waals surface area (Å²) in [5, 5.41) is 13.8. The SMILES string of the molecule is CC1CC(Nc2nc(Cl)ncc2[N+](=O)[O-])C1. The lowest BCUT2D eigenvalue weighted by Crippen LogP contribution is -2.34. The molecule has 0 spiro atoms. The van der Waals surface area contributed by atoms with Crippen LogP contribution in [0.4, 0.5) is 11.5 Å². The number of nitrogens with zero attached hydrogens (tertiary/aromatic N) is 3. The largest absolute Gasteiger partial charge is 0.361 e. The van der Waals surface area contributed by atoms with E-state index in [1.54, 1.807) is 0 Å². The first-order chi connectivity index (χ1) is 7.56. The van der Waals surface area contributed by atoms with Gasteiger partial charge < -0.3 is 5.32 Å². The van der Waals surface area contributed by atoms with E-state index in [0.717, 1.165) is 19.0 Å². The highest BCUT2D eigenvalue weighted by atomic mass is 35.5. The van der Waals surface area contributed by atoms with Crippen LogP contribution in [0, 0.1) is 16.0 Å². The number of halogens is 1. The highest BCUT2D eigenvalue weighted by molar-refractivity contribution is 6.28. The maximum atomic E-state index is 10.7. The van der Waals surface area contributed by atoms with Gasteiger partial charge in [0.2, 0.25) is 11.1 Å². The van der Waals surface area contributed by atoms with E-state index in [1.807, 2.05) is 0 Å². The van der Waals surface area contributed by atoms with Crippen molar-refractivity contribution in [1.29, 1.82) is 0 Å². The van der Waals surface area contributed by atoms with E-state index in [1.165, 1.54) is 0 Å². The predicted molar refractivity (Wildman–Crippen MR) is 59.5 cm³/mol. The summed E-state index contributed by atoms with van der Waals surface area (Å²) in [6.07, 6.45) is 3.12. The van der Waals surface area contributed by atoms with Crippen LogP contribution in [-0.4, -0.2) is 20.9 Å². The third kappa shape index (κ3) is 2.21. The van der Waals surface area contributed by atoms with E-state index < -0.39 is 4.92 Å². The maximum Gasteiger partial charge on any atom is 0.329 e. The van der Waals surface area contributed by atoms with Gasteiger partial charge in [0.05, 0.1) is 4.92 Å². The summed E-state index contributed by atoms with van der Waals surface area (Å²) in [6.45, 7) is 2.14. The van der Waals surface area contributed by atoms with Crippen LogP contribution in [0.1, 0.15) is 19.8 Å². The minimum atomic E-state index is -0.513. The Hall–Kier alpha value is -1.43. The van der Waals surface area contributed by atoms with Crippen LogP contribution in [0.3, 0.4) is 0 Å². The van der Waals surface area contributed by atoms with Crippen molar-refractivity contribution in [3.63, 3.8) is 0 Å². The first-order valence-corrected chi connectivity index (χ1v) is 5.37. The zero-order chi connectivity index (χ0) is 11.7. The van der Waals surface area contributed by atoms with Crippen molar-refractivity contribution < 1.29 is 4.92 Å². The Balaban J connectivity index is 2.17. The summed E-state index contributed by atoms with van der Waals surface area (Å²) in [5.41, 5.74) is -0.135. The van der Waals surface area contributed by atoms with E-state index in [4.69, 9.17) is 11.6 Å². The fourth-order valence-corrected chi connectivity index (χ4v) is 1.94. The number of nitro groups is 1. The van der Waals surface area contributed by atoms with Crippen molar-refractivity contribution >= 4 is 23.1 Å². The Morgan fingerprint density at radius 2 is 2.31 bits per heavy atom. The quantitative estimate of drug-likeness (QED) is 0.499. The van der Waals surface area contributed by atoms with Crippen molar-refractivity contribution in [3.05, 3.63) is 21.6 Å². The first-order valence-electron chi connectivity index (χ1n) is 4.99. The second kappa shape index (κ2) is 4.21. The smallest absolute Gasteiger partial charge is 0.329 e. The highest BCUT2D eigenvalue weighted by Crippen LogP contribution is 2.31. The molecule has 0 unspecified atom stereocenters. The number of hydrogen-bond acceptors (Lipinski definition) is 5. The molecule has 0 amide bonds. The van der Waals surface area contributed by atoms with Gasteiger partial charge in [0.1, 0.15) is 6.20 Å². The number of hydrogen-bond donors (Lipinski definition) is 1. The third-order valence-corrected chi connectivity index (χ3v) is 2.83. The Morgan fingerprint density at radius 3 is 2.88 bits per heavy atom. The van der Waals surface area contributed by atoms with Crippen LogP contribution in [0.2, 0.25) is 5.28 Å². The van der Waals surface area contributed by atoms with Crippen molar-refractivity contribution in [2.45, 2.75) is 25.8 Å². The van der Waals surface area contributed by atoms with Gasteiger partial charge in [-0.15, -0.1) is 0 Å². The average molecular weight is 243 g/mol. The van der Waals surface area contributed by atoms with Gasteiger partial charge >= 0.3 is 5.69 Å². The molecule has 0 atom stereocenters. The van der Waals surface area contributed by atoms with E-state index >= 15 is 0 Å². The molecule has 16 heavy (non-hydrogen) atoms. The summed E-state index contributed by atoms with van der Waals surface area (Å²) in [7, 11) is 0. The topological polar surface area (TPSA) is 81.0 Å². The second-order valence-corrected chi connectivity index (χ2v) is 4.39. The van der Waals surface area contributed by atoms with Gasteiger partial charge in [-0.2, -0.15) is 4.98 Å². The fraction of sp³-hybridized carbons (Fsp3) is 0.556. The lowest BCUT2D eigenvalue weighted by Gasteiger charge is -2.33. The van der Waals surface area contributed by atoms with Crippen molar-refractivity contribution in [1.82, 2.24) is 9.97 Å². The summed E-state index contributed by atoms with van der Waals surface area (Å²) < 4.78 is 0. The van der Waals surface area contributed by atoms with Gasteiger partial charge in [-0.25, -0.2) is 4.98 Å². The van der Waals surface area contributed by atoms with Crippen LogP contribution in [0.5, 0.6) is 0 Å². The molecule has 1 aromatic rings. The van der Waals surface area contributed by atoms with Crippen molar-refractivity contribution in [2.75, 3.05) is 5.32 Å². The van der Waals surface area contributed by atoms with Gasteiger partial charge in [-0.05, 0) is 30.4 Å². The van der Waals surface area contributed by atoms with Crippen LogP contribution in [0.25, 0.3) is 0 Å². The summed E-state index contributed by atoms with van der Waals surface area (Å²) in [6, 6.07) is 0.250. The zero-order valence-corrected chi connectivity index (χ0v) is 9.44. The lowest BCUT2D eigenvalue weighted by atomic mass is 9.82. The van der Waals surface area contributed by atoms with E-state index in [2.05, 4.69) is 22.2 Å². The second-order valence-electron chi connectivity index (χ2n) is 4.05. The Labute approximate surface area is 97.2 Å². The Bertz CT molecular complexity index is 420. The molecule has 1 saturated carbocycles. The molecule has 6 nitrogen and oxygen atoms in total. The Kier molecular flexibility index (Phi) is 2.91. The monoisotopic (exact) mass is 242 g/mol. The average Bonchev–Trinajstić information content (AvgIpc) is 2.15. The van der Waals surface area contributed by atoms with Gasteiger partial charge in [-0.3, -0.25) is 10.1 Å². The lowest BCUT2D eigenvalue weighted by molar-refractivity contribution is -0.384. The molecule has 1 heterocycles. The number of aromatic nitrogens is 2. The Morgan fingerprint density at radius 1 is 1.62 bits per heavy atom. The molecule has 2 rings (SSSR count). The third-order valence-electron chi connectivity index (χ3n) is 2.65. The van der Waals surface area contributed by atoms with Gasteiger partial charge in [-0.1, -0.05) is 6.92 Å². The van der Waals surface area contributed by atoms with Crippen LogP contribution in [0.15, 0.2) is 6.20 Å². The molecule has 86 valence electrons. The van der Waals surface area contributed by atoms with Gasteiger partial charge in [0.25, 0.3) is 0 Å². The van der Waals surface area contributed by atoms with Gasteiger partial charge in [0.15, 0.2) is 0 Å². The maximum absolute atomic E-state index is 10.7. The number of anilines is 1. The number of nitrogens with one attached hydrogen (secondary N) is 1. The molecule has 0 aromatic carbocycles. The minimum absolute atomic E-state index is 0.0143. The summed E-state index contributed by atoms with van der Waals surface area (Å²) >= 11 is 5.61. The standard InChI is InChI=1S/C9H11ClN4O2/c1-5-2-6(3-5)12-8-7(14(15)16)4-11-9(10)13-8/h4-6H,2-3H2,1H3,(H,11,12,13). The summed E-state index contributed by atoms with van der Waals surface area (Å²) in [4.78, 5) is 17.7. The van der Waals surface area contributed by atoms with Crippen LogP contribution >= 0.6 is 11.6 Å². The fourth-order valence-electron chi connectivity index (χ4n) is 1.81. The molecule has 1 aromatic heterocycles. The summed E-state index contributed by atoms with van der Waals surface area (Å²) in [5.74, 6) is 0.871. The molecule has 0 aliphatic heterocycles. The highest BCUT2D eigenvalue weighted by Gasteiger charge is 2.28. The van der Waals surface area contributed by atoms with Crippen LogP contribution in [-0.2, 0) is 0 Å². The molecule has 0 radical (unpaired) electrons. The van der Waals surface area contributed by atoms with Crippen LogP contribution < -0.4 is 5.32 Å². The predicted octanol–water partition coefficient (Wildman–Crippen LogP) is 2.25. The van der Waals surface area contributed by atoms with Crippen molar-refractivity contribution in [2.24, 2.45) is 5.92 Å². The normalized spacial score (nSPS) is 23.6. The zero-order valence-electron chi connectivity index (χ0n) is 8.68. The molecule has 1 aliphatic rings. The van der Waals surface area contributed by atoms with E-state index in [9.17, 15) is 10.1 Å². The molecule has 0 bridgehead atoms. The molecule has 0 saturated heterocycles. The molecular weight excluding hydrogens is 232 g/mol. The molecule has 1 N–H and O–H groups in total. The minimum Gasteiger partial charge on any atom is -0.361 e. The van der Waals surface area contributed by atoms with E-state index in [0.29, 0.717) is 5.92 Å². The van der Waals surface area contributed by atoms with Gasteiger partial charge in [0, 0.05) is 6.04 Å². The molecule has 7 heteroatoms. The van der Waals surface area contributed by atoms with Crippen molar-refractivity contribution in [3.8, 4) is 0 Å². The molecular formula is C9H11ClN4O2. The first kappa shape index (κ1) is 11.1. The molecule has 1 fully saturated rings. The number of rotatable bonds is 3. The molecule has 1 aliphatic carbocycles.